The first-order valence-electron chi connectivity index (χ1n) is 4.94. The van der Waals surface area contributed by atoms with E-state index in [4.69, 9.17) is 10.8 Å². The maximum atomic E-state index is 13.4. The van der Waals surface area contributed by atoms with Gasteiger partial charge in [-0.05, 0) is 17.5 Å². The molecular formula is C11H12F3NO2. The maximum absolute atomic E-state index is 13.4. The topological polar surface area (TPSA) is 63.3 Å². The van der Waals surface area contributed by atoms with Crippen molar-refractivity contribution in [1.29, 1.82) is 0 Å². The van der Waals surface area contributed by atoms with E-state index < -0.39 is 35.4 Å². The molecule has 0 radical (unpaired) electrons. The van der Waals surface area contributed by atoms with E-state index in [0.717, 1.165) is 0 Å². The van der Waals surface area contributed by atoms with Crippen LogP contribution in [0.2, 0.25) is 0 Å². The zero-order chi connectivity index (χ0) is 13.2. The second-order valence-corrected chi connectivity index (χ2v) is 3.84. The van der Waals surface area contributed by atoms with Crippen molar-refractivity contribution in [2.75, 3.05) is 0 Å². The zero-order valence-corrected chi connectivity index (χ0v) is 9.08. The predicted molar refractivity (Wildman–Crippen MR) is 55.0 cm³/mol. The van der Waals surface area contributed by atoms with E-state index in [9.17, 15) is 18.0 Å². The van der Waals surface area contributed by atoms with Gasteiger partial charge in [0.2, 0.25) is 0 Å². The quantitative estimate of drug-likeness (QED) is 0.800. The normalized spacial score (nSPS) is 14.4. The molecule has 17 heavy (non-hydrogen) atoms. The lowest BCUT2D eigenvalue weighted by atomic mass is 9.91. The van der Waals surface area contributed by atoms with Crippen molar-refractivity contribution in [1.82, 2.24) is 0 Å². The van der Waals surface area contributed by atoms with Crippen LogP contribution in [0.25, 0.3) is 0 Å². The Morgan fingerprint density at radius 3 is 2.35 bits per heavy atom. The number of nitrogens with two attached hydrogens (primary N) is 1. The summed E-state index contributed by atoms with van der Waals surface area (Å²) in [4.78, 5) is 10.4. The van der Waals surface area contributed by atoms with Crippen molar-refractivity contribution >= 4 is 5.97 Å². The van der Waals surface area contributed by atoms with Crippen molar-refractivity contribution in [2.45, 2.75) is 25.3 Å². The van der Waals surface area contributed by atoms with Crippen LogP contribution in [-0.2, 0) is 4.79 Å². The second kappa shape index (κ2) is 5.18. The highest BCUT2D eigenvalue weighted by Gasteiger charge is 2.22. The van der Waals surface area contributed by atoms with Gasteiger partial charge in [-0.15, -0.1) is 0 Å². The SMILES string of the molecule is CC(c1cc(F)c(F)cc1F)C(N)CC(=O)O. The Balaban J connectivity index is 2.99. The third kappa shape index (κ3) is 3.20. The maximum Gasteiger partial charge on any atom is 0.304 e. The number of hydrogen-bond donors (Lipinski definition) is 2. The van der Waals surface area contributed by atoms with Crippen LogP contribution in [0.3, 0.4) is 0 Å². The molecule has 1 aromatic carbocycles. The number of carboxylic acid groups (broad SMARTS) is 1. The van der Waals surface area contributed by atoms with Gasteiger partial charge in [-0.3, -0.25) is 4.79 Å². The smallest absolute Gasteiger partial charge is 0.304 e. The fourth-order valence-corrected chi connectivity index (χ4v) is 1.50. The van der Waals surface area contributed by atoms with Crippen molar-refractivity contribution in [3.05, 3.63) is 35.1 Å². The first-order chi connectivity index (χ1) is 7.82. The fraction of sp³-hybridized carbons (Fsp3) is 0.364. The van der Waals surface area contributed by atoms with Gasteiger partial charge in [0.25, 0.3) is 0 Å². The summed E-state index contributed by atoms with van der Waals surface area (Å²) >= 11 is 0. The molecule has 3 nitrogen and oxygen atoms in total. The first kappa shape index (κ1) is 13.5. The molecule has 2 unspecified atom stereocenters. The van der Waals surface area contributed by atoms with E-state index in [1.807, 2.05) is 0 Å². The Bertz CT molecular complexity index is 437. The predicted octanol–water partition coefficient (Wildman–Crippen LogP) is 2.01. The molecule has 6 heteroatoms. The molecule has 0 aliphatic rings. The molecule has 0 saturated heterocycles. The van der Waals surface area contributed by atoms with Gasteiger partial charge in [0.05, 0.1) is 6.42 Å². The average Bonchev–Trinajstić information content (AvgIpc) is 2.21. The third-order valence-electron chi connectivity index (χ3n) is 2.58. The highest BCUT2D eigenvalue weighted by Crippen LogP contribution is 2.25. The largest absolute Gasteiger partial charge is 0.481 e. The zero-order valence-electron chi connectivity index (χ0n) is 9.08. The van der Waals surface area contributed by atoms with Gasteiger partial charge in [0.1, 0.15) is 5.82 Å². The minimum Gasteiger partial charge on any atom is -0.481 e. The van der Waals surface area contributed by atoms with Gasteiger partial charge in [-0.2, -0.15) is 0 Å². The molecule has 0 bridgehead atoms. The summed E-state index contributed by atoms with van der Waals surface area (Å²) in [6, 6.07) is 0.262. The molecule has 2 atom stereocenters. The Labute approximate surface area is 96.0 Å². The molecule has 1 aromatic rings. The summed E-state index contributed by atoms with van der Waals surface area (Å²) in [5.41, 5.74) is 5.42. The number of hydrogen-bond acceptors (Lipinski definition) is 2. The van der Waals surface area contributed by atoms with E-state index in [1.54, 1.807) is 0 Å². The first-order valence-corrected chi connectivity index (χ1v) is 4.94. The lowest BCUT2D eigenvalue weighted by molar-refractivity contribution is -0.137. The van der Waals surface area contributed by atoms with Gasteiger partial charge < -0.3 is 10.8 Å². The second-order valence-electron chi connectivity index (χ2n) is 3.84. The van der Waals surface area contributed by atoms with E-state index in [0.29, 0.717) is 12.1 Å². The Kier molecular flexibility index (Phi) is 4.11. The van der Waals surface area contributed by atoms with Crippen LogP contribution in [0.4, 0.5) is 13.2 Å². The Hall–Kier alpha value is -1.56. The molecule has 0 amide bonds. The van der Waals surface area contributed by atoms with Gasteiger partial charge in [-0.25, -0.2) is 13.2 Å². The minimum absolute atomic E-state index is 0.127. The molecular weight excluding hydrogens is 235 g/mol. The molecule has 0 spiro atoms. The van der Waals surface area contributed by atoms with Crippen LogP contribution in [0.15, 0.2) is 12.1 Å². The van der Waals surface area contributed by atoms with Crippen molar-refractivity contribution in [2.24, 2.45) is 5.73 Å². The molecule has 0 aliphatic heterocycles. The summed E-state index contributed by atoms with van der Waals surface area (Å²) in [5.74, 6) is -5.26. The summed E-state index contributed by atoms with van der Waals surface area (Å²) in [5, 5.41) is 8.54. The Morgan fingerprint density at radius 1 is 1.29 bits per heavy atom. The van der Waals surface area contributed by atoms with Crippen LogP contribution in [0, 0.1) is 17.5 Å². The van der Waals surface area contributed by atoms with Crippen molar-refractivity contribution in [3.8, 4) is 0 Å². The third-order valence-corrected chi connectivity index (χ3v) is 2.58. The van der Waals surface area contributed by atoms with E-state index in [-0.39, 0.29) is 12.0 Å². The number of rotatable bonds is 4. The highest BCUT2D eigenvalue weighted by atomic mass is 19.2. The molecule has 3 N–H and O–H groups in total. The van der Waals surface area contributed by atoms with Gasteiger partial charge in [-0.1, -0.05) is 6.92 Å². The van der Waals surface area contributed by atoms with Crippen LogP contribution < -0.4 is 5.73 Å². The average molecular weight is 247 g/mol. The van der Waals surface area contributed by atoms with E-state index >= 15 is 0 Å². The highest BCUT2D eigenvalue weighted by molar-refractivity contribution is 5.67. The summed E-state index contributed by atoms with van der Waals surface area (Å²) in [6.45, 7) is 1.46. The van der Waals surface area contributed by atoms with Crippen LogP contribution in [0.5, 0.6) is 0 Å². The lowest BCUT2D eigenvalue weighted by Crippen LogP contribution is -2.30. The molecule has 94 valence electrons. The van der Waals surface area contributed by atoms with Crippen LogP contribution in [0.1, 0.15) is 24.8 Å². The van der Waals surface area contributed by atoms with E-state index in [1.165, 1.54) is 6.92 Å². The van der Waals surface area contributed by atoms with Gasteiger partial charge in [0, 0.05) is 12.1 Å². The number of aliphatic carboxylic acids is 1. The van der Waals surface area contributed by atoms with Crippen molar-refractivity contribution in [3.63, 3.8) is 0 Å². The van der Waals surface area contributed by atoms with E-state index in [2.05, 4.69) is 0 Å². The lowest BCUT2D eigenvalue weighted by Gasteiger charge is -2.19. The molecule has 0 aromatic heterocycles. The number of halogens is 3. The fourth-order valence-electron chi connectivity index (χ4n) is 1.50. The minimum atomic E-state index is -1.29. The number of carbonyl (C=O) groups is 1. The molecule has 1 rings (SSSR count). The van der Waals surface area contributed by atoms with Crippen molar-refractivity contribution < 1.29 is 23.1 Å². The van der Waals surface area contributed by atoms with Crippen LogP contribution in [-0.4, -0.2) is 17.1 Å². The van der Waals surface area contributed by atoms with Crippen LogP contribution >= 0.6 is 0 Å². The number of benzene rings is 1. The molecule has 0 heterocycles. The van der Waals surface area contributed by atoms with Gasteiger partial charge >= 0.3 is 5.97 Å². The standard InChI is InChI=1S/C11H12F3NO2/c1-5(10(15)4-11(16)17)6-2-8(13)9(14)3-7(6)12/h2-3,5,10H,4,15H2,1H3,(H,16,17). The Morgan fingerprint density at radius 2 is 1.82 bits per heavy atom. The monoisotopic (exact) mass is 247 g/mol. The molecule has 0 aliphatic carbocycles. The molecule has 0 fully saturated rings. The van der Waals surface area contributed by atoms with Gasteiger partial charge in [0.15, 0.2) is 11.6 Å². The molecule has 0 saturated carbocycles. The summed E-state index contributed by atoms with van der Waals surface area (Å²) in [7, 11) is 0. The number of carboxylic acids is 1. The summed E-state index contributed by atoms with van der Waals surface area (Å²) < 4.78 is 39.0. The summed E-state index contributed by atoms with van der Waals surface area (Å²) in [6.07, 6.45) is -0.375.